The molecular formula is C14H24N4OS. The summed E-state index contributed by atoms with van der Waals surface area (Å²) in [7, 11) is 0. The lowest BCUT2D eigenvalue weighted by molar-refractivity contribution is 0.0365. The largest absolute Gasteiger partial charge is 0.381 e. The molecule has 2 fully saturated rings. The summed E-state index contributed by atoms with van der Waals surface area (Å²) in [5, 5.41) is 1.11. The van der Waals surface area contributed by atoms with Gasteiger partial charge < -0.3 is 9.64 Å². The van der Waals surface area contributed by atoms with Crippen LogP contribution in [0.15, 0.2) is 0 Å². The van der Waals surface area contributed by atoms with Crippen molar-refractivity contribution in [3.63, 3.8) is 0 Å². The lowest BCUT2D eigenvalue weighted by Crippen LogP contribution is -2.41. The third kappa shape index (κ3) is 3.30. The number of ether oxygens (including phenoxy) is 1. The van der Waals surface area contributed by atoms with E-state index >= 15 is 0 Å². The van der Waals surface area contributed by atoms with Crippen molar-refractivity contribution >= 4 is 16.7 Å². The zero-order chi connectivity index (χ0) is 13.8. The fourth-order valence-corrected chi connectivity index (χ4v) is 3.86. The second-order valence-electron chi connectivity index (χ2n) is 5.57. The van der Waals surface area contributed by atoms with Gasteiger partial charge in [0.15, 0.2) is 0 Å². The Kier molecular flexibility index (Phi) is 4.86. The Labute approximate surface area is 125 Å². The van der Waals surface area contributed by atoms with Crippen LogP contribution in [0.2, 0.25) is 0 Å². The van der Waals surface area contributed by atoms with Crippen LogP contribution in [0.1, 0.15) is 32.0 Å². The van der Waals surface area contributed by atoms with Crippen molar-refractivity contribution in [1.29, 1.82) is 0 Å². The minimum absolute atomic E-state index is 0.726. The molecule has 0 spiro atoms. The second-order valence-corrected chi connectivity index (χ2v) is 6.30. The number of aryl methyl sites for hydroxylation is 1. The van der Waals surface area contributed by atoms with Gasteiger partial charge >= 0.3 is 0 Å². The van der Waals surface area contributed by atoms with Crippen LogP contribution in [-0.2, 0) is 11.2 Å². The topological polar surface area (TPSA) is 41.5 Å². The molecule has 2 aliphatic heterocycles. The first-order chi connectivity index (χ1) is 9.86. The maximum Gasteiger partial charge on any atom is 0.205 e. The van der Waals surface area contributed by atoms with Crippen molar-refractivity contribution in [1.82, 2.24) is 14.3 Å². The van der Waals surface area contributed by atoms with Gasteiger partial charge in [0.25, 0.3) is 0 Å². The van der Waals surface area contributed by atoms with Gasteiger partial charge in [0, 0.05) is 63.4 Å². The van der Waals surface area contributed by atoms with Crippen molar-refractivity contribution in [2.75, 3.05) is 44.3 Å². The van der Waals surface area contributed by atoms with Gasteiger partial charge in [-0.3, -0.25) is 4.90 Å². The first kappa shape index (κ1) is 14.2. The van der Waals surface area contributed by atoms with Gasteiger partial charge in [-0.2, -0.15) is 4.37 Å². The normalized spacial score (nSPS) is 22.9. The molecule has 0 radical (unpaired) electrons. The Morgan fingerprint density at radius 3 is 2.80 bits per heavy atom. The molecule has 0 saturated carbocycles. The van der Waals surface area contributed by atoms with E-state index in [0.717, 1.165) is 56.3 Å². The fraction of sp³-hybridized carbons (Fsp3) is 0.857. The molecule has 2 saturated heterocycles. The van der Waals surface area contributed by atoms with E-state index in [2.05, 4.69) is 26.1 Å². The standard InChI is InChI=1S/C14H24N4OS/c1-2-13-15-14(20-16-13)18-7-3-6-17(8-9-18)12-4-10-19-11-5-12/h12H,2-11H2,1H3. The maximum absolute atomic E-state index is 5.47. The SMILES string of the molecule is CCc1nsc(N2CCCN(C3CCOCC3)CC2)n1. The van der Waals surface area contributed by atoms with Crippen LogP contribution in [0.3, 0.4) is 0 Å². The van der Waals surface area contributed by atoms with Gasteiger partial charge in [0.05, 0.1) is 0 Å². The fourth-order valence-electron chi connectivity index (χ4n) is 3.06. The first-order valence-corrected chi connectivity index (χ1v) is 8.53. The Morgan fingerprint density at radius 2 is 2.05 bits per heavy atom. The molecule has 1 aromatic heterocycles. The number of rotatable bonds is 3. The number of anilines is 1. The molecule has 0 atom stereocenters. The molecule has 0 N–H and O–H groups in total. The number of nitrogens with zero attached hydrogens (tertiary/aromatic N) is 4. The molecule has 0 bridgehead atoms. The lowest BCUT2D eigenvalue weighted by Gasteiger charge is -2.33. The Bertz CT molecular complexity index is 419. The molecule has 2 aliphatic rings. The van der Waals surface area contributed by atoms with E-state index in [4.69, 9.17) is 4.74 Å². The van der Waals surface area contributed by atoms with Crippen molar-refractivity contribution < 1.29 is 4.74 Å². The maximum atomic E-state index is 5.47. The van der Waals surface area contributed by atoms with Crippen LogP contribution >= 0.6 is 11.5 Å². The quantitative estimate of drug-likeness (QED) is 0.850. The molecule has 0 aliphatic carbocycles. The zero-order valence-electron chi connectivity index (χ0n) is 12.3. The van der Waals surface area contributed by atoms with Crippen molar-refractivity contribution in [2.24, 2.45) is 0 Å². The van der Waals surface area contributed by atoms with E-state index in [1.54, 1.807) is 11.5 Å². The monoisotopic (exact) mass is 296 g/mol. The third-order valence-electron chi connectivity index (χ3n) is 4.28. The van der Waals surface area contributed by atoms with Crippen LogP contribution in [0.5, 0.6) is 0 Å². The summed E-state index contributed by atoms with van der Waals surface area (Å²) in [6, 6.07) is 0.726. The molecule has 0 aromatic carbocycles. The smallest absolute Gasteiger partial charge is 0.205 e. The van der Waals surface area contributed by atoms with Crippen molar-refractivity contribution in [2.45, 2.75) is 38.6 Å². The highest BCUT2D eigenvalue weighted by Gasteiger charge is 2.24. The van der Waals surface area contributed by atoms with E-state index < -0.39 is 0 Å². The summed E-state index contributed by atoms with van der Waals surface area (Å²) >= 11 is 1.55. The summed E-state index contributed by atoms with van der Waals surface area (Å²) in [6.07, 6.45) is 4.54. The molecule has 0 amide bonds. The summed E-state index contributed by atoms with van der Waals surface area (Å²) in [4.78, 5) is 9.70. The first-order valence-electron chi connectivity index (χ1n) is 7.76. The highest BCUT2D eigenvalue weighted by molar-refractivity contribution is 7.09. The summed E-state index contributed by atoms with van der Waals surface area (Å²) in [5.41, 5.74) is 0. The number of hydrogen-bond donors (Lipinski definition) is 0. The van der Waals surface area contributed by atoms with Gasteiger partial charge in [0.1, 0.15) is 5.82 Å². The van der Waals surface area contributed by atoms with E-state index in [-0.39, 0.29) is 0 Å². The van der Waals surface area contributed by atoms with Gasteiger partial charge in [-0.1, -0.05) is 6.92 Å². The summed E-state index contributed by atoms with van der Waals surface area (Å²) < 4.78 is 9.88. The van der Waals surface area contributed by atoms with E-state index in [1.165, 1.54) is 25.8 Å². The highest BCUT2D eigenvalue weighted by atomic mass is 32.1. The predicted molar refractivity (Wildman–Crippen MR) is 81.5 cm³/mol. The number of hydrogen-bond acceptors (Lipinski definition) is 6. The molecule has 1 aromatic rings. The van der Waals surface area contributed by atoms with Crippen LogP contribution in [0.25, 0.3) is 0 Å². The van der Waals surface area contributed by atoms with Crippen LogP contribution in [0, 0.1) is 0 Å². The molecule has 20 heavy (non-hydrogen) atoms. The van der Waals surface area contributed by atoms with Crippen LogP contribution in [0.4, 0.5) is 5.13 Å². The van der Waals surface area contributed by atoms with Crippen LogP contribution < -0.4 is 4.90 Å². The zero-order valence-corrected chi connectivity index (χ0v) is 13.1. The molecule has 112 valence electrons. The van der Waals surface area contributed by atoms with Crippen molar-refractivity contribution in [3.05, 3.63) is 5.82 Å². The molecule has 3 rings (SSSR count). The van der Waals surface area contributed by atoms with Gasteiger partial charge in [-0.25, -0.2) is 4.98 Å². The molecular weight excluding hydrogens is 272 g/mol. The minimum atomic E-state index is 0.726. The average Bonchev–Trinajstić information content (AvgIpc) is 2.85. The Balaban J connectivity index is 1.58. The molecule has 6 heteroatoms. The van der Waals surface area contributed by atoms with Gasteiger partial charge in [-0.05, 0) is 19.3 Å². The highest BCUT2D eigenvalue weighted by Crippen LogP contribution is 2.21. The van der Waals surface area contributed by atoms with E-state index in [9.17, 15) is 0 Å². The third-order valence-corrected chi connectivity index (χ3v) is 5.10. The van der Waals surface area contributed by atoms with E-state index in [0.29, 0.717) is 0 Å². The summed E-state index contributed by atoms with van der Waals surface area (Å²) in [5.74, 6) is 0.982. The second kappa shape index (κ2) is 6.83. The van der Waals surface area contributed by atoms with Gasteiger partial charge in [-0.15, -0.1) is 0 Å². The number of aromatic nitrogens is 2. The van der Waals surface area contributed by atoms with E-state index in [1.807, 2.05) is 0 Å². The average molecular weight is 296 g/mol. The predicted octanol–water partition coefficient (Wildman–Crippen LogP) is 1.79. The van der Waals surface area contributed by atoms with Crippen LogP contribution in [-0.4, -0.2) is 59.7 Å². The van der Waals surface area contributed by atoms with Crippen molar-refractivity contribution in [3.8, 4) is 0 Å². The molecule has 3 heterocycles. The summed E-state index contributed by atoms with van der Waals surface area (Å²) in [6.45, 7) is 8.52. The molecule has 0 unspecified atom stereocenters. The lowest BCUT2D eigenvalue weighted by atomic mass is 10.1. The Hall–Kier alpha value is -0.720. The molecule has 5 nitrogen and oxygen atoms in total. The Morgan fingerprint density at radius 1 is 1.20 bits per heavy atom. The van der Waals surface area contributed by atoms with Gasteiger partial charge in [0.2, 0.25) is 5.13 Å². The minimum Gasteiger partial charge on any atom is -0.381 e.